The number of ether oxygens (including phenoxy) is 1. The van der Waals surface area contributed by atoms with Crippen LogP contribution in [-0.2, 0) is 11.3 Å². The highest BCUT2D eigenvalue weighted by molar-refractivity contribution is 7.16. The molecule has 0 aliphatic rings. The van der Waals surface area contributed by atoms with Gasteiger partial charge in [-0.15, -0.1) is 6.42 Å². The second-order valence-corrected chi connectivity index (χ2v) is 7.07. The summed E-state index contributed by atoms with van der Waals surface area (Å²) in [7, 11) is 1.31. The van der Waals surface area contributed by atoms with Gasteiger partial charge in [0.1, 0.15) is 0 Å². The molecule has 0 N–H and O–H groups in total. The highest BCUT2D eigenvalue weighted by Gasteiger charge is 2.12. The zero-order valence-electron chi connectivity index (χ0n) is 15.3. The van der Waals surface area contributed by atoms with Crippen molar-refractivity contribution in [2.45, 2.75) is 20.4 Å². The summed E-state index contributed by atoms with van der Waals surface area (Å²) in [4.78, 5) is 29.0. The van der Waals surface area contributed by atoms with E-state index in [-0.39, 0.29) is 0 Å². The van der Waals surface area contributed by atoms with Gasteiger partial charge in [-0.05, 0) is 55.3 Å². The number of nitrogens with zero attached hydrogens (tertiary/aromatic N) is 2. The quantitative estimate of drug-likeness (QED) is 0.518. The molecule has 0 unspecified atom stereocenters. The van der Waals surface area contributed by atoms with Crippen molar-refractivity contribution in [2.24, 2.45) is 4.99 Å². The summed E-state index contributed by atoms with van der Waals surface area (Å²) in [5.41, 5.74) is 3.99. The monoisotopic (exact) mass is 378 g/mol. The van der Waals surface area contributed by atoms with Gasteiger partial charge < -0.3 is 9.30 Å². The predicted octanol–water partition coefficient (Wildman–Crippen LogP) is 3.48. The van der Waals surface area contributed by atoms with Crippen LogP contribution in [0.3, 0.4) is 0 Å². The lowest BCUT2D eigenvalue weighted by molar-refractivity contribution is 0.0600. The first kappa shape index (κ1) is 18.6. The maximum Gasteiger partial charge on any atom is 0.337 e. The predicted molar refractivity (Wildman–Crippen MR) is 106 cm³/mol. The number of esters is 1. The summed E-state index contributed by atoms with van der Waals surface area (Å²) in [5.74, 6) is 1.79. The van der Waals surface area contributed by atoms with E-state index in [9.17, 15) is 9.59 Å². The Morgan fingerprint density at radius 1 is 1.19 bits per heavy atom. The molecule has 0 spiro atoms. The summed E-state index contributed by atoms with van der Waals surface area (Å²) in [6.07, 6.45) is 5.52. The molecule has 1 amide bonds. The lowest BCUT2D eigenvalue weighted by atomic mass is 10.1. The molecule has 2 aromatic carbocycles. The topological polar surface area (TPSA) is 60.7 Å². The summed E-state index contributed by atoms with van der Waals surface area (Å²) in [5, 5.41) is 0. The van der Waals surface area contributed by atoms with Gasteiger partial charge >= 0.3 is 5.97 Å². The van der Waals surface area contributed by atoms with Crippen LogP contribution in [0.2, 0.25) is 0 Å². The fourth-order valence-corrected chi connectivity index (χ4v) is 3.94. The Kier molecular flexibility index (Phi) is 5.24. The maximum atomic E-state index is 12.6. The summed E-state index contributed by atoms with van der Waals surface area (Å²) in [6, 6.07) is 10.4. The Bertz CT molecular complexity index is 1150. The minimum atomic E-state index is -0.451. The van der Waals surface area contributed by atoms with E-state index in [0.717, 1.165) is 21.3 Å². The molecule has 0 saturated heterocycles. The molecule has 0 aliphatic carbocycles. The SMILES string of the molecule is C#CCn1c(=NC(=O)c2ccc(C(=O)OC)cc2)sc2c(C)cc(C)cc21. The molecule has 0 fully saturated rings. The maximum absolute atomic E-state index is 12.6. The number of methoxy groups -OCH3 is 1. The van der Waals surface area contributed by atoms with E-state index >= 15 is 0 Å². The fraction of sp³-hybridized carbons (Fsp3) is 0.190. The van der Waals surface area contributed by atoms with Crippen LogP contribution in [-0.4, -0.2) is 23.6 Å². The van der Waals surface area contributed by atoms with Crippen molar-refractivity contribution >= 4 is 33.4 Å². The van der Waals surface area contributed by atoms with Gasteiger partial charge in [0, 0.05) is 5.56 Å². The number of carbonyl (C=O) groups is 2. The average molecular weight is 378 g/mol. The zero-order chi connectivity index (χ0) is 19.6. The fourth-order valence-electron chi connectivity index (χ4n) is 2.86. The smallest absolute Gasteiger partial charge is 0.337 e. The van der Waals surface area contributed by atoms with Crippen molar-refractivity contribution in [3.05, 3.63) is 63.5 Å². The average Bonchev–Trinajstić information content (AvgIpc) is 2.99. The Balaban J connectivity index is 2.08. The van der Waals surface area contributed by atoms with Crippen LogP contribution in [0.15, 0.2) is 41.4 Å². The third-order valence-corrected chi connectivity index (χ3v) is 5.34. The van der Waals surface area contributed by atoms with E-state index in [1.807, 2.05) is 24.5 Å². The van der Waals surface area contributed by atoms with Crippen LogP contribution < -0.4 is 4.80 Å². The summed E-state index contributed by atoms with van der Waals surface area (Å²) in [6.45, 7) is 4.38. The second kappa shape index (κ2) is 7.60. The summed E-state index contributed by atoms with van der Waals surface area (Å²) >= 11 is 1.44. The van der Waals surface area contributed by atoms with Crippen LogP contribution in [0.5, 0.6) is 0 Å². The van der Waals surface area contributed by atoms with Gasteiger partial charge in [-0.25, -0.2) is 4.79 Å². The van der Waals surface area contributed by atoms with Crippen LogP contribution in [0.4, 0.5) is 0 Å². The highest BCUT2D eigenvalue weighted by Crippen LogP contribution is 2.23. The molecule has 0 radical (unpaired) electrons. The Morgan fingerprint density at radius 3 is 2.48 bits per heavy atom. The van der Waals surface area contributed by atoms with Crippen molar-refractivity contribution < 1.29 is 14.3 Å². The number of benzene rings is 2. The molecule has 27 heavy (non-hydrogen) atoms. The van der Waals surface area contributed by atoms with Crippen molar-refractivity contribution in [2.75, 3.05) is 7.11 Å². The number of aryl methyl sites for hydroxylation is 2. The number of carbonyl (C=O) groups excluding carboxylic acids is 2. The Hall–Kier alpha value is -3.17. The van der Waals surface area contributed by atoms with Gasteiger partial charge in [0.25, 0.3) is 5.91 Å². The molecule has 3 aromatic rings. The lowest BCUT2D eigenvalue weighted by Crippen LogP contribution is -2.16. The van der Waals surface area contributed by atoms with Gasteiger partial charge in [-0.3, -0.25) is 4.79 Å². The summed E-state index contributed by atoms with van der Waals surface area (Å²) < 4.78 is 7.60. The molecular weight excluding hydrogens is 360 g/mol. The number of thiazole rings is 1. The second-order valence-electron chi connectivity index (χ2n) is 6.09. The third kappa shape index (κ3) is 3.69. The van der Waals surface area contributed by atoms with E-state index in [1.165, 1.54) is 18.4 Å². The van der Waals surface area contributed by atoms with Gasteiger partial charge in [0.05, 0.1) is 29.4 Å². The zero-order valence-corrected chi connectivity index (χ0v) is 16.1. The van der Waals surface area contributed by atoms with E-state index in [4.69, 9.17) is 6.42 Å². The first-order chi connectivity index (χ1) is 12.9. The first-order valence-electron chi connectivity index (χ1n) is 8.26. The Morgan fingerprint density at radius 2 is 1.85 bits per heavy atom. The molecule has 6 heteroatoms. The normalized spacial score (nSPS) is 11.4. The van der Waals surface area contributed by atoms with Crippen LogP contribution >= 0.6 is 11.3 Å². The van der Waals surface area contributed by atoms with Gasteiger partial charge in [-0.2, -0.15) is 4.99 Å². The highest BCUT2D eigenvalue weighted by atomic mass is 32.1. The molecular formula is C21H18N2O3S. The molecule has 0 bridgehead atoms. The number of hydrogen-bond acceptors (Lipinski definition) is 4. The van der Waals surface area contributed by atoms with Crippen molar-refractivity contribution in [3.8, 4) is 12.3 Å². The van der Waals surface area contributed by atoms with E-state index < -0.39 is 11.9 Å². The minimum absolute atomic E-state index is 0.330. The van der Waals surface area contributed by atoms with Crippen LogP contribution in [0, 0.1) is 26.2 Å². The lowest BCUT2D eigenvalue weighted by Gasteiger charge is -2.03. The van der Waals surface area contributed by atoms with Crippen LogP contribution in [0.1, 0.15) is 31.8 Å². The molecule has 3 rings (SSSR count). The number of hydrogen-bond donors (Lipinski definition) is 0. The molecule has 1 heterocycles. The molecule has 5 nitrogen and oxygen atoms in total. The van der Waals surface area contributed by atoms with Gasteiger partial charge in [0.2, 0.25) is 0 Å². The van der Waals surface area contributed by atoms with Gasteiger partial charge in [-0.1, -0.05) is 23.3 Å². The van der Waals surface area contributed by atoms with E-state index in [0.29, 0.717) is 22.5 Å². The number of terminal acetylenes is 1. The minimum Gasteiger partial charge on any atom is -0.465 e. The molecule has 0 atom stereocenters. The van der Waals surface area contributed by atoms with Crippen LogP contribution in [0.25, 0.3) is 10.2 Å². The first-order valence-corrected chi connectivity index (χ1v) is 9.07. The van der Waals surface area contributed by atoms with Gasteiger partial charge in [0.15, 0.2) is 4.80 Å². The van der Waals surface area contributed by atoms with E-state index in [1.54, 1.807) is 24.3 Å². The number of aromatic nitrogens is 1. The number of amides is 1. The Labute approximate surface area is 160 Å². The number of rotatable bonds is 3. The van der Waals surface area contributed by atoms with E-state index in [2.05, 4.69) is 21.7 Å². The number of fused-ring (bicyclic) bond motifs is 1. The largest absolute Gasteiger partial charge is 0.465 e. The molecule has 1 aromatic heterocycles. The molecule has 0 saturated carbocycles. The standard InChI is InChI=1S/C21H18N2O3S/c1-5-10-23-17-12-13(2)11-14(3)18(17)27-21(23)22-19(24)15-6-8-16(9-7-15)20(25)26-4/h1,6-9,11-12H,10H2,2-4H3. The van der Waals surface area contributed by atoms with Crippen molar-refractivity contribution in [3.63, 3.8) is 0 Å². The van der Waals surface area contributed by atoms with Crippen molar-refractivity contribution in [1.29, 1.82) is 0 Å². The molecule has 136 valence electrons. The molecule has 0 aliphatic heterocycles. The third-order valence-electron chi connectivity index (χ3n) is 4.11. The van der Waals surface area contributed by atoms with Crippen molar-refractivity contribution in [1.82, 2.24) is 4.57 Å².